The van der Waals surface area contributed by atoms with E-state index in [-0.39, 0.29) is 24.2 Å². The molecule has 0 aromatic heterocycles. The Morgan fingerprint density at radius 3 is 2.46 bits per heavy atom. The van der Waals surface area contributed by atoms with Crippen LogP contribution in [0.1, 0.15) is 54.4 Å². The minimum Gasteiger partial charge on any atom is -0.443 e. The average molecular weight is 400 g/mol. The number of allylic oxidation sites excluding steroid dienone is 1. The highest BCUT2D eigenvalue weighted by Gasteiger charge is 2.64. The smallest absolute Gasteiger partial charge is 0.407 e. The van der Waals surface area contributed by atoms with Gasteiger partial charge in [0.25, 0.3) is 0 Å². The maximum absolute atomic E-state index is 12.2. The van der Waals surface area contributed by atoms with Crippen molar-refractivity contribution in [3.05, 3.63) is 11.6 Å². The lowest BCUT2D eigenvalue weighted by Crippen LogP contribution is -2.59. The number of rotatable bonds is 8. The van der Waals surface area contributed by atoms with E-state index in [9.17, 15) is 9.90 Å². The second kappa shape index (κ2) is 8.69. The molecule has 0 bridgehead atoms. The number of amides is 1. The van der Waals surface area contributed by atoms with Crippen LogP contribution in [0.2, 0.25) is 0 Å². The normalized spacial score (nSPS) is 30.1. The Morgan fingerprint density at radius 1 is 1.32 bits per heavy atom. The Labute approximate surface area is 168 Å². The fourth-order valence-electron chi connectivity index (χ4n) is 4.06. The van der Waals surface area contributed by atoms with Gasteiger partial charge in [0.1, 0.15) is 12.2 Å². The minimum atomic E-state index is -0.999. The Kier molecular flexibility index (Phi) is 7.18. The van der Waals surface area contributed by atoms with Crippen LogP contribution in [0.5, 0.6) is 0 Å². The monoisotopic (exact) mass is 399 g/mol. The fraction of sp³-hybridized carbons (Fsp3) is 0.857. The van der Waals surface area contributed by atoms with Crippen molar-refractivity contribution < 1.29 is 28.8 Å². The number of alkyl carbamates (subject to hydrolysis) is 1. The largest absolute Gasteiger partial charge is 0.443 e. The third kappa shape index (κ3) is 5.92. The van der Waals surface area contributed by atoms with Gasteiger partial charge in [0.05, 0.1) is 30.0 Å². The maximum Gasteiger partial charge on any atom is 0.407 e. The number of hydrogen-bond donors (Lipinski definition) is 2. The van der Waals surface area contributed by atoms with E-state index >= 15 is 0 Å². The molecule has 7 nitrogen and oxygen atoms in total. The highest BCUT2D eigenvalue weighted by atomic mass is 16.6. The van der Waals surface area contributed by atoms with Gasteiger partial charge in [-0.15, -0.1) is 0 Å². The summed E-state index contributed by atoms with van der Waals surface area (Å²) in [6.45, 7) is 12.7. The second-order valence-electron chi connectivity index (χ2n) is 9.38. The van der Waals surface area contributed by atoms with E-state index in [1.165, 1.54) is 5.57 Å². The molecule has 162 valence electrons. The molecule has 1 spiro atoms. The number of carbonyl (C=O) groups is 1. The number of nitrogens with one attached hydrogen (secondary N) is 1. The van der Waals surface area contributed by atoms with Gasteiger partial charge in [-0.25, -0.2) is 4.79 Å². The highest BCUT2D eigenvalue weighted by Crippen LogP contribution is 2.52. The summed E-state index contributed by atoms with van der Waals surface area (Å²) < 4.78 is 23.6. The summed E-state index contributed by atoms with van der Waals surface area (Å²) >= 11 is 0. The van der Waals surface area contributed by atoms with Crippen molar-refractivity contribution in [3.8, 4) is 0 Å². The van der Waals surface area contributed by atoms with E-state index in [1.54, 1.807) is 21.0 Å². The number of aliphatic hydroxyl groups is 1. The second-order valence-corrected chi connectivity index (χ2v) is 9.38. The van der Waals surface area contributed by atoms with E-state index in [0.717, 1.165) is 6.42 Å². The van der Waals surface area contributed by atoms with E-state index in [2.05, 4.69) is 5.32 Å². The average Bonchev–Trinajstić information content (AvgIpc) is 3.33. The van der Waals surface area contributed by atoms with Gasteiger partial charge in [0, 0.05) is 19.6 Å². The van der Waals surface area contributed by atoms with Crippen LogP contribution in [0.15, 0.2) is 11.6 Å². The van der Waals surface area contributed by atoms with Crippen LogP contribution in [0.4, 0.5) is 4.79 Å². The first kappa shape index (κ1) is 23.1. The molecule has 1 amide bonds. The Balaban J connectivity index is 2.10. The van der Waals surface area contributed by atoms with Gasteiger partial charge in [-0.05, 0) is 54.4 Å². The molecule has 1 aliphatic carbocycles. The lowest BCUT2D eigenvalue weighted by molar-refractivity contribution is -0.172. The topological polar surface area (TPSA) is 89.6 Å². The number of hydrogen-bond acceptors (Lipinski definition) is 6. The molecule has 2 aliphatic rings. The van der Waals surface area contributed by atoms with Gasteiger partial charge in [-0.3, -0.25) is 0 Å². The number of ether oxygens (including phenoxy) is 4. The van der Waals surface area contributed by atoms with E-state index in [4.69, 9.17) is 18.9 Å². The molecule has 0 aromatic carbocycles. The SMILES string of the molecule is CO[C@H]1[C@H](C(C)(C)OCC=C(C)C)C2(CC[C@H]1OC(=O)NCC(C)(C)O)CO2. The van der Waals surface area contributed by atoms with Crippen LogP contribution in [-0.4, -0.2) is 67.1 Å². The van der Waals surface area contributed by atoms with Crippen LogP contribution in [-0.2, 0) is 18.9 Å². The summed E-state index contributed by atoms with van der Waals surface area (Å²) in [5, 5.41) is 12.4. The van der Waals surface area contributed by atoms with Crippen molar-refractivity contribution >= 4 is 6.09 Å². The van der Waals surface area contributed by atoms with Gasteiger partial charge in [-0.2, -0.15) is 0 Å². The predicted octanol–water partition coefficient (Wildman–Crippen LogP) is 2.81. The van der Waals surface area contributed by atoms with Gasteiger partial charge in [-0.1, -0.05) is 11.6 Å². The molecule has 4 atom stereocenters. The third-order valence-electron chi connectivity index (χ3n) is 5.52. The lowest BCUT2D eigenvalue weighted by atomic mass is 9.68. The van der Waals surface area contributed by atoms with Crippen molar-refractivity contribution in [2.75, 3.05) is 26.9 Å². The molecule has 1 saturated heterocycles. The quantitative estimate of drug-likeness (QED) is 0.482. The molecule has 0 radical (unpaired) electrons. The van der Waals surface area contributed by atoms with Gasteiger partial charge < -0.3 is 29.4 Å². The van der Waals surface area contributed by atoms with Crippen LogP contribution >= 0.6 is 0 Å². The molecular formula is C21H37NO6. The van der Waals surface area contributed by atoms with Crippen molar-refractivity contribution in [2.24, 2.45) is 5.92 Å². The molecule has 0 aromatic rings. The van der Waals surface area contributed by atoms with E-state index in [1.807, 2.05) is 33.8 Å². The van der Waals surface area contributed by atoms with Crippen LogP contribution in [0.3, 0.4) is 0 Å². The molecule has 2 N–H and O–H groups in total. The maximum atomic E-state index is 12.2. The Hall–Kier alpha value is -1.15. The molecule has 1 saturated carbocycles. The molecule has 1 heterocycles. The number of carbonyl (C=O) groups excluding carboxylic acids is 1. The van der Waals surface area contributed by atoms with Gasteiger partial charge in [0.2, 0.25) is 0 Å². The summed E-state index contributed by atoms with van der Waals surface area (Å²) in [6, 6.07) is 0. The molecule has 2 fully saturated rings. The zero-order valence-electron chi connectivity index (χ0n) is 18.3. The fourth-order valence-corrected chi connectivity index (χ4v) is 4.06. The van der Waals surface area contributed by atoms with Gasteiger partial charge >= 0.3 is 6.09 Å². The first-order valence-electron chi connectivity index (χ1n) is 10.0. The predicted molar refractivity (Wildman–Crippen MR) is 106 cm³/mol. The molecule has 28 heavy (non-hydrogen) atoms. The molecule has 1 unspecified atom stereocenters. The standard InChI is InChI=1S/C21H37NO6/c1-14(2)9-11-26-20(5,6)17-16(25-7)15(8-10-21(17)13-27-21)28-18(23)22-12-19(3,4)24/h9,15-17,24H,8,10-13H2,1-7H3,(H,22,23)/t15-,16-,17-,21?/m1/s1. The van der Waals surface area contributed by atoms with Crippen LogP contribution in [0.25, 0.3) is 0 Å². The third-order valence-corrected chi connectivity index (χ3v) is 5.52. The lowest BCUT2D eigenvalue weighted by Gasteiger charge is -2.47. The molecule has 7 heteroatoms. The van der Waals surface area contributed by atoms with Gasteiger partial charge in [0.15, 0.2) is 0 Å². The minimum absolute atomic E-state index is 0.0728. The summed E-state index contributed by atoms with van der Waals surface area (Å²) in [4.78, 5) is 12.2. The first-order valence-corrected chi connectivity index (χ1v) is 10.0. The summed E-state index contributed by atoms with van der Waals surface area (Å²) in [5.41, 5.74) is -0.598. The zero-order chi connectivity index (χ0) is 21.2. The molecule has 2 rings (SSSR count). The van der Waals surface area contributed by atoms with Crippen molar-refractivity contribution in [1.29, 1.82) is 0 Å². The Morgan fingerprint density at radius 2 is 1.96 bits per heavy atom. The van der Waals surface area contributed by atoms with Crippen LogP contribution in [0, 0.1) is 5.92 Å². The summed E-state index contributed by atoms with van der Waals surface area (Å²) in [6.07, 6.45) is 2.20. The first-order chi connectivity index (χ1) is 12.9. The van der Waals surface area contributed by atoms with E-state index in [0.29, 0.717) is 19.6 Å². The van der Waals surface area contributed by atoms with Crippen molar-refractivity contribution in [2.45, 2.75) is 83.4 Å². The van der Waals surface area contributed by atoms with Crippen molar-refractivity contribution in [3.63, 3.8) is 0 Å². The van der Waals surface area contributed by atoms with Crippen LogP contribution < -0.4 is 5.32 Å². The molecular weight excluding hydrogens is 362 g/mol. The summed E-state index contributed by atoms with van der Waals surface area (Å²) in [7, 11) is 1.64. The number of methoxy groups -OCH3 is 1. The Bertz CT molecular complexity index is 572. The molecule has 1 aliphatic heterocycles. The van der Waals surface area contributed by atoms with Crippen molar-refractivity contribution in [1.82, 2.24) is 5.32 Å². The highest BCUT2D eigenvalue weighted by molar-refractivity contribution is 5.67. The zero-order valence-corrected chi connectivity index (χ0v) is 18.3. The van der Waals surface area contributed by atoms with E-state index < -0.39 is 23.4 Å². The number of epoxide rings is 1. The summed E-state index contributed by atoms with van der Waals surface area (Å²) in [5.74, 6) is -0.0728.